The lowest BCUT2D eigenvalue weighted by molar-refractivity contribution is -0.127. The maximum absolute atomic E-state index is 16.1. The Hall–Kier alpha value is -3.73. The molecule has 2 aliphatic heterocycles. The van der Waals surface area contributed by atoms with Crippen LogP contribution in [0.3, 0.4) is 0 Å². The van der Waals surface area contributed by atoms with Gasteiger partial charge in [-0.15, -0.1) is 0 Å². The van der Waals surface area contributed by atoms with Crippen molar-refractivity contribution in [1.29, 1.82) is 0 Å². The molecular weight excluding hydrogens is 613 g/mol. The van der Waals surface area contributed by atoms with Gasteiger partial charge in [0.05, 0.1) is 40.7 Å². The first-order valence-electron chi connectivity index (χ1n) is 14.3. The summed E-state index contributed by atoms with van der Waals surface area (Å²) < 4.78 is 43.7. The van der Waals surface area contributed by atoms with Crippen molar-refractivity contribution in [2.75, 3.05) is 25.6 Å². The zero-order valence-corrected chi connectivity index (χ0v) is 25.3. The van der Waals surface area contributed by atoms with Crippen LogP contribution in [0.25, 0.3) is 10.9 Å². The monoisotopic (exact) mass is 640 g/mol. The SMILES string of the molecule is COC(=O)c1cc2c3n(nc2cc1F)[C@@H]1[C@H](CO3)N(CC2CC2)[C@@](C)(C(=O)Nc2cccc(Cl)c2)[C@H]1c1cccc(Cl)c1F. The number of amides is 1. The molecule has 0 unspecified atom stereocenters. The summed E-state index contributed by atoms with van der Waals surface area (Å²) in [7, 11) is 1.17. The van der Waals surface area contributed by atoms with E-state index in [9.17, 15) is 14.0 Å². The van der Waals surface area contributed by atoms with Crippen molar-refractivity contribution in [3.63, 3.8) is 0 Å². The molecule has 1 aliphatic carbocycles. The Bertz CT molecular complexity index is 1830. The molecule has 0 bridgehead atoms. The Balaban J connectivity index is 1.44. The fraction of sp³-hybridized carbons (Fsp3) is 0.344. The number of nitrogens with zero attached hydrogens (tertiary/aromatic N) is 3. The van der Waals surface area contributed by atoms with Crippen LogP contribution in [0.2, 0.25) is 10.0 Å². The minimum Gasteiger partial charge on any atom is -0.476 e. The standard InChI is InChI=1S/C32H28Cl2F2N4O4/c1-32(31(42)37-18-6-3-5-17(33)11-18)26(19-7-4-8-22(34)27(19)36)28-25(39(32)14-16-9-10-16)15-44-29-21-12-20(30(41)43-2)23(35)13-24(21)38-40(28)29/h3-8,11-13,16,25-26,28H,9-10,14-15H2,1-2H3,(H,37,42)/t25-,26-,28+,32+/m0/s1. The molecule has 0 spiro atoms. The molecule has 1 N–H and O–H groups in total. The number of carbonyl (C=O) groups is 2. The Morgan fingerprint density at radius 3 is 2.64 bits per heavy atom. The fourth-order valence-electron chi connectivity index (χ4n) is 6.88. The van der Waals surface area contributed by atoms with E-state index in [1.54, 1.807) is 41.1 Å². The Kier molecular flexibility index (Phi) is 7.06. The van der Waals surface area contributed by atoms with Crippen LogP contribution < -0.4 is 10.1 Å². The molecule has 1 saturated heterocycles. The van der Waals surface area contributed by atoms with E-state index >= 15 is 4.39 Å². The molecule has 228 valence electrons. The Morgan fingerprint density at radius 2 is 1.91 bits per heavy atom. The smallest absolute Gasteiger partial charge is 0.340 e. The summed E-state index contributed by atoms with van der Waals surface area (Å²) in [6, 6.07) is 13.1. The summed E-state index contributed by atoms with van der Waals surface area (Å²) in [4.78, 5) is 28.9. The number of likely N-dealkylation sites (tertiary alicyclic amines) is 1. The van der Waals surface area contributed by atoms with Crippen molar-refractivity contribution >= 4 is 51.7 Å². The van der Waals surface area contributed by atoms with Gasteiger partial charge in [0.1, 0.15) is 23.8 Å². The van der Waals surface area contributed by atoms with E-state index in [2.05, 4.69) is 10.2 Å². The zero-order chi connectivity index (χ0) is 30.9. The first-order chi connectivity index (χ1) is 21.1. The highest BCUT2D eigenvalue weighted by atomic mass is 35.5. The molecule has 3 aromatic carbocycles. The molecule has 3 heterocycles. The van der Waals surface area contributed by atoms with Gasteiger partial charge in [-0.2, -0.15) is 5.10 Å². The highest BCUT2D eigenvalue weighted by Crippen LogP contribution is 2.57. The van der Waals surface area contributed by atoms with Crippen LogP contribution in [0, 0.1) is 17.6 Å². The van der Waals surface area contributed by atoms with Gasteiger partial charge in [-0.25, -0.2) is 18.3 Å². The number of nitrogens with one attached hydrogen (secondary N) is 1. The number of methoxy groups -OCH3 is 1. The van der Waals surface area contributed by atoms with Gasteiger partial charge in [-0.3, -0.25) is 9.69 Å². The average molecular weight is 642 g/mol. The van der Waals surface area contributed by atoms with Gasteiger partial charge >= 0.3 is 5.97 Å². The van der Waals surface area contributed by atoms with Crippen LogP contribution in [0.5, 0.6) is 5.88 Å². The van der Waals surface area contributed by atoms with Gasteiger partial charge in [0.25, 0.3) is 0 Å². The first kappa shape index (κ1) is 29.0. The van der Waals surface area contributed by atoms with Crippen LogP contribution in [0.15, 0.2) is 54.6 Å². The van der Waals surface area contributed by atoms with E-state index in [-0.39, 0.29) is 34.2 Å². The number of halogens is 4. The van der Waals surface area contributed by atoms with E-state index in [0.29, 0.717) is 34.4 Å². The molecule has 12 heteroatoms. The molecule has 4 atom stereocenters. The van der Waals surface area contributed by atoms with E-state index in [0.717, 1.165) is 18.9 Å². The van der Waals surface area contributed by atoms with E-state index in [1.165, 1.54) is 19.2 Å². The number of aromatic nitrogens is 2. The molecule has 0 radical (unpaired) electrons. The van der Waals surface area contributed by atoms with Crippen LogP contribution in [0.1, 0.15) is 47.6 Å². The maximum atomic E-state index is 16.1. The summed E-state index contributed by atoms with van der Waals surface area (Å²) >= 11 is 12.6. The third-order valence-corrected chi connectivity index (χ3v) is 9.69. The summed E-state index contributed by atoms with van der Waals surface area (Å²) in [6.07, 6.45) is 2.03. The molecule has 4 aromatic rings. The number of carbonyl (C=O) groups excluding carboxylic acids is 2. The summed E-state index contributed by atoms with van der Waals surface area (Å²) in [5.41, 5.74) is -0.559. The Labute approximate surface area is 261 Å². The number of esters is 1. The molecule has 1 aromatic heterocycles. The lowest BCUT2D eigenvalue weighted by Crippen LogP contribution is -2.57. The third kappa shape index (κ3) is 4.53. The van der Waals surface area contributed by atoms with Gasteiger partial charge in [-0.05, 0) is 61.6 Å². The largest absolute Gasteiger partial charge is 0.476 e. The summed E-state index contributed by atoms with van der Waals surface area (Å²) in [5, 5.41) is 8.55. The van der Waals surface area contributed by atoms with Gasteiger partial charge in [0, 0.05) is 29.2 Å². The molecule has 7 rings (SSSR count). The number of fused-ring (bicyclic) bond motifs is 5. The van der Waals surface area contributed by atoms with Crippen LogP contribution in [-0.2, 0) is 9.53 Å². The lowest BCUT2D eigenvalue weighted by atomic mass is 9.77. The maximum Gasteiger partial charge on any atom is 0.340 e. The number of hydrogen-bond donors (Lipinski definition) is 1. The second-order valence-electron chi connectivity index (χ2n) is 11.8. The quantitative estimate of drug-likeness (QED) is 0.239. The Morgan fingerprint density at radius 1 is 1.14 bits per heavy atom. The second kappa shape index (κ2) is 10.7. The lowest BCUT2D eigenvalue weighted by Gasteiger charge is -2.39. The van der Waals surface area contributed by atoms with Gasteiger partial charge in [-0.1, -0.05) is 41.4 Å². The molecule has 2 fully saturated rings. The number of hydrogen-bond acceptors (Lipinski definition) is 6. The molecule has 1 amide bonds. The summed E-state index contributed by atoms with van der Waals surface area (Å²) in [5.74, 6) is -2.74. The van der Waals surface area contributed by atoms with E-state index < -0.39 is 41.1 Å². The predicted octanol–water partition coefficient (Wildman–Crippen LogP) is 6.62. The highest BCUT2D eigenvalue weighted by molar-refractivity contribution is 6.31. The minimum absolute atomic E-state index is 0.0695. The van der Waals surface area contributed by atoms with E-state index in [1.807, 2.05) is 6.92 Å². The fourth-order valence-corrected chi connectivity index (χ4v) is 7.25. The van der Waals surface area contributed by atoms with Gasteiger partial charge in [0.2, 0.25) is 11.8 Å². The normalized spacial score (nSPS) is 24.5. The van der Waals surface area contributed by atoms with Crippen molar-refractivity contribution in [2.45, 2.75) is 43.3 Å². The number of rotatable bonds is 6. The van der Waals surface area contributed by atoms with Crippen molar-refractivity contribution in [2.24, 2.45) is 5.92 Å². The number of ether oxygens (including phenoxy) is 2. The number of benzene rings is 3. The average Bonchev–Trinajstić information content (AvgIpc) is 3.70. The van der Waals surface area contributed by atoms with Gasteiger partial charge in [0.15, 0.2) is 0 Å². The molecular formula is C32H28Cl2F2N4O4. The van der Waals surface area contributed by atoms with Crippen molar-refractivity contribution in [1.82, 2.24) is 14.7 Å². The molecule has 44 heavy (non-hydrogen) atoms. The number of anilines is 1. The van der Waals surface area contributed by atoms with Crippen LogP contribution >= 0.6 is 23.2 Å². The van der Waals surface area contributed by atoms with E-state index in [4.69, 9.17) is 37.8 Å². The first-order valence-corrected chi connectivity index (χ1v) is 15.1. The van der Waals surface area contributed by atoms with Crippen molar-refractivity contribution < 1.29 is 27.8 Å². The molecule has 3 aliphatic rings. The minimum atomic E-state index is -1.31. The summed E-state index contributed by atoms with van der Waals surface area (Å²) in [6.45, 7) is 2.55. The topological polar surface area (TPSA) is 85.7 Å². The molecule has 1 saturated carbocycles. The predicted molar refractivity (Wildman–Crippen MR) is 161 cm³/mol. The van der Waals surface area contributed by atoms with Crippen molar-refractivity contribution in [3.05, 3.63) is 87.4 Å². The highest BCUT2D eigenvalue weighted by Gasteiger charge is 2.64. The van der Waals surface area contributed by atoms with Crippen LogP contribution in [0.4, 0.5) is 14.5 Å². The zero-order valence-electron chi connectivity index (χ0n) is 23.8. The second-order valence-corrected chi connectivity index (χ2v) is 12.6. The third-order valence-electron chi connectivity index (χ3n) is 9.17. The van der Waals surface area contributed by atoms with Crippen molar-refractivity contribution in [3.8, 4) is 5.88 Å². The molecule has 8 nitrogen and oxygen atoms in total. The van der Waals surface area contributed by atoms with Gasteiger partial charge < -0.3 is 14.8 Å². The van der Waals surface area contributed by atoms with Crippen LogP contribution in [-0.4, -0.2) is 58.4 Å².